The number of carbonyl (C=O) groups is 2. The summed E-state index contributed by atoms with van der Waals surface area (Å²) in [6, 6.07) is 12.2. The van der Waals surface area contributed by atoms with Crippen LogP contribution in [-0.4, -0.2) is 54.3 Å². The maximum atomic E-state index is 13.1. The molecule has 2 amide bonds. The number of benzene rings is 1. The third-order valence-electron chi connectivity index (χ3n) is 6.22. The van der Waals surface area contributed by atoms with Gasteiger partial charge in [-0.3, -0.25) is 9.59 Å². The smallest absolute Gasteiger partial charge is 0.245 e. The lowest BCUT2D eigenvalue weighted by Gasteiger charge is -2.29. The van der Waals surface area contributed by atoms with Gasteiger partial charge in [0.05, 0.1) is 6.42 Å². The van der Waals surface area contributed by atoms with Crippen molar-refractivity contribution in [2.75, 3.05) is 31.6 Å². The standard InChI is InChI=1S/C24H31N3O2S/c1-25(18-19-9-11-20(12-10-19)26-13-3-2-4-14-26)24(29)22-8-5-15-27(22)23(28)17-21-7-6-16-30-21/h6-7,9-12,16,22H,2-5,8,13-15,17-18H2,1H3. The normalized spacial score (nSPS) is 19.2. The van der Waals surface area contributed by atoms with Crippen molar-refractivity contribution in [3.63, 3.8) is 0 Å². The topological polar surface area (TPSA) is 43.9 Å². The molecule has 30 heavy (non-hydrogen) atoms. The lowest BCUT2D eigenvalue weighted by atomic mass is 10.1. The monoisotopic (exact) mass is 425 g/mol. The molecule has 0 saturated carbocycles. The molecule has 0 aliphatic carbocycles. The Morgan fingerprint density at radius 1 is 1.03 bits per heavy atom. The van der Waals surface area contributed by atoms with Crippen molar-refractivity contribution in [2.45, 2.75) is 51.1 Å². The van der Waals surface area contributed by atoms with Gasteiger partial charge in [-0.05, 0) is 61.2 Å². The molecule has 2 aliphatic heterocycles. The molecule has 1 unspecified atom stereocenters. The van der Waals surface area contributed by atoms with Crippen molar-refractivity contribution in [3.8, 4) is 0 Å². The Kier molecular flexibility index (Phi) is 6.72. The van der Waals surface area contributed by atoms with Crippen molar-refractivity contribution >= 4 is 28.8 Å². The van der Waals surface area contributed by atoms with Crippen LogP contribution >= 0.6 is 11.3 Å². The SMILES string of the molecule is CN(Cc1ccc(N2CCCCC2)cc1)C(=O)C1CCCN1C(=O)Cc1cccs1. The molecule has 4 rings (SSSR count). The third-order valence-corrected chi connectivity index (χ3v) is 7.09. The average Bonchev–Trinajstić information content (AvgIpc) is 3.46. The highest BCUT2D eigenvalue weighted by atomic mass is 32.1. The molecular weight excluding hydrogens is 394 g/mol. The molecule has 1 atom stereocenters. The van der Waals surface area contributed by atoms with E-state index in [4.69, 9.17) is 0 Å². The Morgan fingerprint density at radius 2 is 1.80 bits per heavy atom. The number of rotatable bonds is 6. The number of anilines is 1. The van der Waals surface area contributed by atoms with Crippen LogP contribution in [0.4, 0.5) is 5.69 Å². The second-order valence-corrected chi connectivity index (χ2v) is 9.44. The molecule has 2 aliphatic rings. The van der Waals surface area contributed by atoms with E-state index in [0.29, 0.717) is 19.5 Å². The summed E-state index contributed by atoms with van der Waals surface area (Å²) in [5.74, 6) is 0.111. The molecule has 0 N–H and O–H groups in total. The van der Waals surface area contributed by atoms with Crippen LogP contribution in [0.1, 0.15) is 42.5 Å². The highest BCUT2D eigenvalue weighted by Crippen LogP contribution is 2.23. The zero-order valence-corrected chi connectivity index (χ0v) is 18.6. The van der Waals surface area contributed by atoms with Gasteiger partial charge in [0, 0.05) is 43.8 Å². The first kappa shape index (κ1) is 20.9. The van der Waals surface area contributed by atoms with E-state index in [-0.39, 0.29) is 17.9 Å². The highest BCUT2D eigenvalue weighted by Gasteiger charge is 2.35. The number of carbonyl (C=O) groups excluding carboxylic acids is 2. The van der Waals surface area contributed by atoms with Crippen LogP contribution in [0, 0.1) is 0 Å². The van der Waals surface area contributed by atoms with Crippen molar-refractivity contribution < 1.29 is 9.59 Å². The van der Waals surface area contributed by atoms with Crippen molar-refractivity contribution in [3.05, 3.63) is 52.2 Å². The number of amides is 2. The fourth-order valence-electron chi connectivity index (χ4n) is 4.56. The van der Waals surface area contributed by atoms with Crippen LogP contribution in [0.2, 0.25) is 0 Å². The molecule has 1 aromatic heterocycles. The number of hydrogen-bond acceptors (Lipinski definition) is 4. The number of likely N-dealkylation sites (N-methyl/N-ethyl adjacent to an activating group) is 1. The molecule has 3 heterocycles. The summed E-state index contributed by atoms with van der Waals surface area (Å²) in [7, 11) is 1.85. The minimum atomic E-state index is -0.324. The molecule has 2 fully saturated rings. The van der Waals surface area contributed by atoms with Gasteiger partial charge in [-0.2, -0.15) is 0 Å². The van der Waals surface area contributed by atoms with E-state index in [2.05, 4.69) is 29.2 Å². The number of nitrogens with zero attached hydrogens (tertiary/aromatic N) is 3. The van der Waals surface area contributed by atoms with E-state index in [9.17, 15) is 9.59 Å². The highest BCUT2D eigenvalue weighted by molar-refractivity contribution is 7.10. The van der Waals surface area contributed by atoms with E-state index >= 15 is 0 Å². The third kappa shape index (κ3) is 4.86. The van der Waals surface area contributed by atoms with Gasteiger partial charge < -0.3 is 14.7 Å². The summed E-state index contributed by atoms with van der Waals surface area (Å²) >= 11 is 1.59. The van der Waals surface area contributed by atoms with E-state index < -0.39 is 0 Å². The minimum absolute atomic E-state index is 0.0483. The van der Waals surface area contributed by atoms with E-state index in [1.807, 2.05) is 24.6 Å². The second kappa shape index (κ2) is 9.65. The first-order valence-corrected chi connectivity index (χ1v) is 11.9. The zero-order valence-electron chi connectivity index (χ0n) is 17.8. The summed E-state index contributed by atoms with van der Waals surface area (Å²) in [6.45, 7) is 3.52. The second-order valence-electron chi connectivity index (χ2n) is 8.41. The van der Waals surface area contributed by atoms with Crippen LogP contribution < -0.4 is 4.90 Å². The van der Waals surface area contributed by atoms with E-state index in [0.717, 1.165) is 36.4 Å². The number of likely N-dealkylation sites (tertiary alicyclic amines) is 1. The molecule has 6 heteroatoms. The van der Waals surface area contributed by atoms with E-state index in [1.165, 1.54) is 24.9 Å². The van der Waals surface area contributed by atoms with Crippen LogP contribution in [0.15, 0.2) is 41.8 Å². The summed E-state index contributed by atoms with van der Waals surface area (Å²) < 4.78 is 0. The fraction of sp³-hybridized carbons (Fsp3) is 0.500. The fourth-order valence-corrected chi connectivity index (χ4v) is 5.25. The van der Waals surface area contributed by atoms with E-state index in [1.54, 1.807) is 21.1 Å². The lowest BCUT2D eigenvalue weighted by molar-refractivity contribution is -0.143. The van der Waals surface area contributed by atoms with Gasteiger partial charge in [-0.25, -0.2) is 0 Å². The van der Waals surface area contributed by atoms with Crippen LogP contribution in [0.25, 0.3) is 0 Å². The molecule has 0 bridgehead atoms. The molecule has 5 nitrogen and oxygen atoms in total. The number of hydrogen-bond donors (Lipinski definition) is 0. The van der Waals surface area contributed by atoms with Gasteiger partial charge in [0.15, 0.2) is 0 Å². The molecule has 1 aromatic carbocycles. The Balaban J connectivity index is 1.34. The summed E-state index contributed by atoms with van der Waals surface area (Å²) in [6.07, 6.45) is 5.90. The van der Waals surface area contributed by atoms with Gasteiger partial charge in [0.25, 0.3) is 0 Å². The predicted octanol–water partition coefficient (Wildman–Crippen LogP) is 3.93. The molecule has 0 radical (unpaired) electrons. The first-order chi connectivity index (χ1) is 14.6. The molecular formula is C24H31N3O2S. The summed E-state index contributed by atoms with van der Waals surface area (Å²) in [5, 5.41) is 1.99. The maximum Gasteiger partial charge on any atom is 0.245 e. The summed E-state index contributed by atoms with van der Waals surface area (Å²) in [4.78, 5) is 32.9. The number of thiophene rings is 1. The van der Waals surface area contributed by atoms with Gasteiger partial charge in [-0.15, -0.1) is 11.3 Å². The Morgan fingerprint density at radius 3 is 2.50 bits per heavy atom. The number of piperidine rings is 1. The van der Waals surface area contributed by atoms with Crippen LogP contribution in [0.5, 0.6) is 0 Å². The zero-order chi connectivity index (χ0) is 20.9. The van der Waals surface area contributed by atoms with Crippen LogP contribution in [0.3, 0.4) is 0 Å². The van der Waals surface area contributed by atoms with Gasteiger partial charge in [0.2, 0.25) is 11.8 Å². The molecule has 2 saturated heterocycles. The largest absolute Gasteiger partial charge is 0.372 e. The van der Waals surface area contributed by atoms with Crippen molar-refractivity contribution in [1.29, 1.82) is 0 Å². The maximum absolute atomic E-state index is 13.1. The van der Waals surface area contributed by atoms with Gasteiger partial charge >= 0.3 is 0 Å². The molecule has 0 spiro atoms. The average molecular weight is 426 g/mol. The minimum Gasteiger partial charge on any atom is -0.372 e. The Labute approximate surface area is 183 Å². The first-order valence-electron chi connectivity index (χ1n) is 11.0. The molecule has 2 aromatic rings. The lowest BCUT2D eigenvalue weighted by Crippen LogP contribution is -2.46. The Hall–Kier alpha value is -2.34. The van der Waals surface area contributed by atoms with Gasteiger partial charge in [-0.1, -0.05) is 18.2 Å². The summed E-state index contributed by atoms with van der Waals surface area (Å²) in [5.41, 5.74) is 2.40. The predicted molar refractivity (Wildman–Crippen MR) is 122 cm³/mol. The quantitative estimate of drug-likeness (QED) is 0.704. The van der Waals surface area contributed by atoms with Crippen LogP contribution in [-0.2, 0) is 22.6 Å². The Bertz CT molecular complexity index is 844. The van der Waals surface area contributed by atoms with Crippen molar-refractivity contribution in [2.24, 2.45) is 0 Å². The van der Waals surface area contributed by atoms with Crippen molar-refractivity contribution in [1.82, 2.24) is 9.80 Å². The van der Waals surface area contributed by atoms with Gasteiger partial charge in [0.1, 0.15) is 6.04 Å². The molecule has 160 valence electrons.